The number of carbonyl (C=O) groups is 2. The summed E-state index contributed by atoms with van der Waals surface area (Å²) in [5.41, 5.74) is 6.97. The fourth-order valence-corrected chi connectivity index (χ4v) is 2.69. The number of carbonyl (C=O) groups excluding carboxylic acids is 2. The first-order chi connectivity index (χ1) is 10.5. The lowest BCUT2D eigenvalue weighted by molar-refractivity contribution is 0.0526. The summed E-state index contributed by atoms with van der Waals surface area (Å²) in [6.45, 7) is 3.88. The van der Waals surface area contributed by atoms with Gasteiger partial charge in [-0.2, -0.15) is 0 Å². The number of ketones is 1. The summed E-state index contributed by atoms with van der Waals surface area (Å²) >= 11 is 1.22. The Balaban J connectivity index is 2.11. The molecule has 0 aliphatic heterocycles. The average Bonchev–Trinajstić information content (AvgIpc) is 2.88. The van der Waals surface area contributed by atoms with Crippen LogP contribution in [0.25, 0.3) is 0 Å². The van der Waals surface area contributed by atoms with Crippen LogP contribution >= 0.6 is 11.3 Å². The lowest BCUT2D eigenvalue weighted by atomic mass is 10.2. The number of Topliss-reactive ketones (excluding diaryl/α,β-unsaturated/α-hetero) is 1. The number of aromatic nitrogens is 1. The first-order valence-corrected chi connectivity index (χ1v) is 7.70. The molecule has 0 saturated heterocycles. The van der Waals surface area contributed by atoms with Gasteiger partial charge in [0.05, 0.1) is 12.2 Å². The molecule has 3 N–H and O–H groups in total. The molecule has 0 aliphatic carbocycles. The molecule has 1 heterocycles. The van der Waals surface area contributed by atoms with E-state index in [1.54, 1.807) is 38.1 Å². The Labute approximate surface area is 132 Å². The SMILES string of the molecule is CCOC(=O)c1ccc(Nc2nc(N)c(C(=O)CC)s2)cc1. The summed E-state index contributed by atoms with van der Waals surface area (Å²) in [5, 5.41) is 3.61. The van der Waals surface area contributed by atoms with Gasteiger partial charge in [0, 0.05) is 12.1 Å². The van der Waals surface area contributed by atoms with Crippen LogP contribution in [-0.2, 0) is 4.74 Å². The molecule has 1 aromatic heterocycles. The van der Waals surface area contributed by atoms with Gasteiger partial charge in [0.1, 0.15) is 10.7 Å². The van der Waals surface area contributed by atoms with Gasteiger partial charge in [-0.3, -0.25) is 4.79 Å². The fraction of sp³-hybridized carbons (Fsp3) is 0.267. The monoisotopic (exact) mass is 319 g/mol. The van der Waals surface area contributed by atoms with Gasteiger partial charge in [-0.25, -0.2) is 9.78 Å². The molecule has 116 valence electrons. The van der Waals surface area contributed by atoms with Crippen molar-refractivity contribution in [1.82, 2.24) is 4.98 Å². The second-order valence-corrected chi connectivity index (χ2v) is 5.43. The normalized spacial score (nSPS) is 10.3. The van der Waals surface area contributed by atoms with Gasteiger partial charge in [-0.1, -0.05) is 18.3 Å². The van der Waals surface area contributed by atoms with Gasteiger partial charge in [0.25, 0.3) is 0 Å². The van der Waals surface area contributed by atoms with Crippen molar-refractivity contribution in [2.24, 2.45) is 0 Å². The minimum atomic E-state index is -0.358. The molecular formula is C15H17N3O3S. The molecule has 1 aromatic carbocycles. The number of thiazole rings is 1. The zero-order valence-corrected chi connectivity index (χ0v) is 13.2. The quantitative estimate of drug-likeness (QED) is 0.627. The molecule has 0 amide bonds. The van der Waals surface area contributed by atoms with E-state index in [4.69, 9.17) is 10.5 Å². The van der Waals surface area contributed by atoms with Crippen molar-refractivity contribution in [2.75, 3.05) is 17.7 Å². The number of nitrogens with two attached hydrogens (primary N) is 1. The van der Waals surface area contributed by atoms with E-state index in [2.05, 4.69) is 10.3 Å². The zero-order chi connectivity index (χ0) is 16.1. The Morgan fingerprint density at radius 2 is 1.95 bits per heavy atom. The molecule has 0 fully saturated rings. The van der Waals surface area contributed by atoms with Crippen LogP contribution in [0.3, 0.4) is 0 Å². The van der Waals surface area contributed by atoms with Crippen LogP contribution < -0.4 is 11.1 Å². The molecular weight excluding hydrogens is 302 g/mol. The molecule has 0 unspecified atom stereocenters. The fourth-order valence-electron chi connectivity index (χ4n) is 1.77. The maximum atomic E-state index is 11.7. The van der Waals surface area contributed by atoms with Gasteiger partial charge in [-0.15, -0.1) is 0 Å². The van der Waals surface area contributed by atoms with E-state index in [-0.39, 0.29) is 17.6 Å². The molecule has 2 aromatic rings. The summed E-state index contributed by atoms with van der Waals surface area (Å²) in [6.07, 6.45) is 0.389. The lowest BCUT2D eigenvalue weighted by Gasteiger charge is -2.04. The number of nitrogens with zero attached hydrogens (tertiary/aromatic N) is 1. The topological polar surface area (TPSA) is 94.3 Å². The predicted molar refractivity (Wildman–Crippen MR) is 86.8 cm³/mol. The van der Waals surface area contributed by atoms with E-state index in [0.717, 1.165) is 5.69 Å². The number of benzene rings is 1. The Bertz CT molecular complexity index is 680. The maximum Gasteiger partial charge on any atom is 0.338 e. The van der Waals surface area contributed by atoms with Crippen LogP contribution in [0, 0.1) is 0 Å². The number of esters is 1. The minimum absolute atomic E-state index is 0.0271. The molecule has 6 nitrogen and oxygen atoms in total. The van der Waals surface area contributed by atoms with Crippen molar-refractivity contribution in [3.05, 3.63) is 34.7 Å². The summed E-state index contributed by atoms with van der Waals surface area (Å²) in [4.78, 5) is 27.9. The maximum absolute atomic E-state index is 11.7. The van der Waals surface area contributed by atoms with Gasteiger partial charge < -0.3 is 15.8 Å². The standard InChI is InChI=1S/C15H17N3O3S/c1-3-11(19)12-13(16)18-15(22-12)17-10-7-5-9(6-8-10)14(20)21-4-2/h5-8H,3-4,16H2,1-2H3,(H,17,18). The van der Waals surface area contributed by atoms with Crippen molar-refractivity contribution in [3.8, 4) is 0 Å². The molecule has 2 rings (SSSR count). The molecule has 0 aliphatic rings. The Kier molecular flexibility index (Phi) is 5.11. The highest BCUT2D eigenvalue weighted by Gasteiger charge is 2.14. The first kappa shape index (κ1) is 16.0. The summed E-state index contributed by atoms with van der Waals surface area (Å²) in [6, 6.07) is 6.81. The highest BCUT2D eigenvalue weighted by molar-refractivity contribution is 7.18. The van der Waals surface area contributed by atoms with Crippen molar-refractivity contribution >= 4 is 39.7 Å². The second-order valence-electron chi connectivity index (χ2n) is 4.43. The van der Waals surface area contributed by atoms with Crippen molar-refractivity contribution in [3.63, 3.8) is 0 Å². The van der Waals surface area contributed by atoms with Crippen molar-refractivity contribution in [1.29, 1.82) is 0 Å². The van der Waals surface area contributed by atoms with E-state index < -0.39 is 0 Å². The highest BCUT2D eigenvalue weighted by Crippen LogP contribution is 2.28. The molecule has 0 atom stereocenters. The van der Waals surface area contributed by atoms with Crippen LogP contribution in [0.2, 0.25) is 0 Å². The predicted octanol–water partition coefficient (Wildman–Crippen LogP) is 3.24. The molecule has 7 heteroatoms. The third-order valence-electron chi connectivity index (χ3n) is 2.88. The van der Waals surface area contributed by atoms with Crippen molar-refractivity contribution < 1.29 is 14.3 Å². The average molecular weight is 319 g/mol. The Morgan fingerprint density at radius 3 is 2.55 bits per heavy atom. The van der Waals surface area contributed by atoms with Gasteiger partial charge >= 0.3 is 5.97 Å². The van der Waals surface area contributed by atoms with E-state index in [0.29, 0.717) is 28.6 Å². The number of nitrogen functional groups attached to an aromatic ring is 1. The molecule has 0 radical (unpaired) electrons. The molecule has 22 heavy (non-hydrogen) atoms. The van der Waals surface area contributed by atoms with Crippen LogP contribution in [0.5, 0.6) is 0 Å². The number of rotatable bonds is 6. The Morgan fingerprint density at radius 1 is 1.27 bits per heavy atom. The second kappa shape index (κ2) is 7.04. The molecule has 0 saturated carbocycles. The van der Waals surface area contributed by atoms with E-state index in [1.807, 2.05) is 0 Å². The zero-order valence-electron chi connectivity index (χ0n) is 12.4. The third-order valence-corrected chi connectivity index (χ3v) is 3.90. The lowest BCUT2D eigenvalue weighted by Crippen LogP contribution is -2.04. The van der Waals surface area contributed by atoms with E-state index in [9.17, 15) is 9.59 Å². The van der Waals surface area contributed by atoms with Crippen LogP contribution in [-0.4, -0.2) is 23.3 Å². The number of ether oxygens (including phenoxy) is 1. The summed E-state index contributed by atoms with van der Waals surface area (Å²) in [5.74, 6) is -0.147. The van der Waals surface area contributed by atoms with Gasteiger partial charge in [0.15, 0.2) is 10.9 Å². The third kappa shape index (κ3) is 3.62. The molecule has 0 bridgehead atoms. The van der Waals surface area contributed by atoms with Crippen LogP contribution in [0.1, 0.15) is 40.3 Å². The highest BCUT2D eigenvalue weighted by atomic mass is 32.1. The molecule has 0 spiro atoms. The van der Waals surface area contributed by atoms with Crippen molar-refractivity contribution in [2.45, 2.75) is 20.3 Å². The smallest absolute Gasteiger partial charge is 0.338 e. The Hall–Kier alpha value is -2.41. The number of nitrogens with one attached hydrogen (secondary N) is 1. The number of anilines is 3. The number of hydrogen-bond donors (Lipinski definition) is 2. The number of hydrogen-bond acceptors (Lipinski definition) is 7. The van der Waals surface area contributed by atoms with Gasteiger partial charge in [0.2, 0.25) is 0 Å². The first-order valence-electron chi connectivity index (χ1n) is 6.88. The van der Waals surface area contributed by atoms with E-state index >= 15 is 0 Å². The summed E-state index contributed by atoms with van der Waals surface area (Å²) in [7, 11) is 0. The largest absolute Gasteiger partial charge is 0.462 e. The van der Waals surface area contributed by atoms with Crippen LogP contribution in [0.4, 0.5) is 16.6 Å². The van der Waals surface area contributed by atoms with Crippen LogP contribution in [0.15, 0.2) is 24.3 Å². The summed E-state index contributed by atoms with van der Waals surface area (Å²) < 4.78 is 4.92. The minimum Gasteiger partial charge on any atom is -0.462 e. The van der Waals surface area contributed by atoms with Gasteiger partial charge in [-0.05, 0) is 31.2 Å². The van der Waals surface area contributed by atoms with E-state index in [1.165, 1.54) is 11.3 Å².